The number of nitrogens with one attached hydrogen (secondary N) is 2. The number of imide groups is 1. The topological polar surface area (TPSA) is 128 Å². The first-order chi connectivity index (χ1) is 15.0. The fourth-order valence-electron chi connectivity index (χ4n) is 4.99. The summed E-state index contributed by atoms with van der Waals surface area (Å²) >= 11 is 0. The van der Waals surface area contributed by atoms with E-state index in [-0.39, 0.29) is 18.6 Å². The van der Waals surface area contributed by atoms with E-state index >= 15 is 0 Å². The highest BCUT2D eigenvalue weighted by Crippen LogP contribution is 2.32. The maximum atomic E-state index is 13.3. The first-order valence-corrected chi connectivity index (χ1v) is 11.4. The van der Waals surface area contributed by atoms with Gasteiger partial charge in [-0.2, -0.15) is 0 Å². The lowest BCUT2D eigenvalue weighted by Crippen LogP contribution is -2.51. The van der Waals surface area contributed by atoms with Crippen LogP contribution in [0, 0.1) is 11.8 Å². The predicted octanol–water partition coefficient (Wildman–Crippen LogP) is 1.03. The molecule has 0 bridgehead atoms. The Morgan fingerprint density at radius 3 is 2.52 bits per heavy atom. The Hall–Kier alpha value is -2.20. The molecule has 1 saturated carbocycles. The average Bonchev–Trinajstić information content (AvgIpc) is 3.45. The van der Waals surface area contributed by atoms with Gasteiger partial charge in [0.25, 0.3) is 5.91 Å². The molecule has 1 aliphatic carbocycles. The molecule has 3 fully saturated rings. The number of hydrogen-bond acceptors (Lipinski definition) is 7. The predicted molar refractivity (Wildman–Crippen MR) is 110 cm³/mol. The number of hydrogen-bond donors (Lipinski definition) is 3. The minimum atomic E-state index is -0.777. The molecule has 2 aliphatic heterocycles. The van der Waals surface area contributed by atoms with Gasteiger partial charge in [-0.25, -0.2) is 9.86 Å². The third-order valence-corrected chi connectivity index (χ3v) is 6.59. The summed E-state index contributed by atoms with van der Waals surface area (Å²) < 4.78 is 5.33. The normalized spacial score (nSPS) is 23.4. The number of piperidine rings is 1. The zero-order valence-electron chi connectivity index (χ0n) is 18.0. The lowest BCUT2D eigenvalue weighted by atomic mass is 9.91. The van der Waals surface area contributed by atoms with Crippen LogP contribution < -0.4 is 10.6 Å². The molecule has 10 heteroatoms. The summed E-state index contributed by atoms with van der Waals surface area (Å²) in [5, 5.41) is 15.7. The number of carbonyl (C=O) groups excluding carboxylic acids is 4. The summed E-state index contributed by atoms with van der Waals surface area (Å²) in [6, 6.07) is -0.748. The number of likely N-dealkylation sites (tertiary alicyclic amines) is 1. The van der Waals surface area contributed by atoms with Crippen LogP contribution in [0.3, 0.4) is 0 Å². The van der Waals surface area contributed by atoms with E-state index in [2.05, 4.69) is 10.6 Å². The van der Waals surface area contributed by atoms with Gasteiger partial charge in [0.15, 0.2) is 0 Å². The lowest BCUT2D eigenvalue weighted by molar-refractivity contribution is -0.158. The molecule has 0 aromatic rings. The van der Waals surface area contributed by atoms with Crippen LogP contribution in [0.1, 0.15) is 57.8 Å². The van der Waals surface area contributed by atoms with Crippen LogP contribution >= 0.6 is 0 Å². The molecule has 31 heavy (non-hydrogen) atoms. The second-order valence-electron chi connectivity index (χ2n) is 8.84. The second-order valence-corrected chi connectivity index (χ2v) is 8.84. The largest absolute Gasteiger partial charge is 0.446 e. The fraction of sp³-hybridized carbons (Fsp3) is 0.810. The molecule has 2 atom stereocenters. The van der Waals surface area contributed by atoms with Gasteiger partial charge in [-0.05, 0) is 51.1 Å². The minimum Gasteiger partial charge on any atom is -0.446 e. The van der Waals surface area contributed by atoms with Crippen LogP contribution in [0.5, 0.6) is 0 Å². The highest BCUT2D eigenvalue weighted by Gasteiger charge is 2.39. The van der Waals surface area contributed by atoms with Gasteiger partial charge in [0.1, 0.15) is 12.1 Å². The number of rotatable bonds is 8. The first kappa shape index (κ1) is 23.5. The van der Waals surface area contributed by atoms with Gasteiger partial charge in [0.05, 0.1) is 12.5 Å². The average molecular weight is 439 g/mol. The maximum Gasteiger partial charge on any atom is 0.414 e. The molecule has 0 radical (unpaired) electrons. The molecule has 10 nitrogen and oxygen atoms in total. The van der Waals surface area contributed by atoms with Crippen LogP contribution in [-0.4, -0.2) is 77.8 Å². The molecule has 4 amide bonds. The van der Waals surface area contributed by atoms with Gasteiger partial charge in [-0.3, -0.25) is 24.9 Å². The van der Waals surface area contributed by atoms with E-state index < -0.39 is 24.0 Å². The number of ether oxygens (including phenoxy) is 1. The van der Waals surface area contributed by atoms with Crippen molar-refractivity contribution in [3.05, 3.63) is 0 Å². The van der Waals surface area contributed by atoms with Crippen molar-refractivity contribution in [3.8, 4) is 0 Å². The number of hydroxylamine groups is 2. The molecule has 3 N–H and O–H groups in total. The zero-order valence-corrected chi connectivity index (χ0v) is 18.0. The monoisotopic (exact) mass is 438 g/mol. The van der Waals surface area contributed by atoms with E-state index in [1.807, 2.05) is 0 Å². The molecule has 0 unspecified atom stereocenters. The highest BCUT2D eigenvalue weighted by molar-refractivity contribution is 5.97. The van der Waals surface area contributed by atoms with Crippen molar-refractivity contribution >= 4 is 24.3 Å². The summed E-state index contributed by atoms with van der Waals surface area (Å²) in [5.41, 5.74) is 0. The van der Waals surface area contributed by atoms with Crippen molar-refractivity contribution in [1.82, 2.24) is 20.6 Å². The molecular formula is C21H34N4O6. The van der Waals surface area contributed by atoms with Crippen LogP contribution in [0.15, 0.2) is 0 Å². The van der Waals surface area contributed by atoms with Gasteiger partial charge in [0, 0.05) is 6.54 Å². The first-order valence-electron chi connectivity index (χ1n) is 11.4. The summed E-state index contributed by atoms with van der Waals surface area (Å²) in [5.74, 6) is -0.991. The van der Waals surface area contributed by atoms with E-state index in [0.717, 1.165) is 38.8 Å². The van der Waals surface area contributed by atoms with Crippen molar-refractivity contribution in [2.75, 3.05) is 26.2 Å². The molecule has 2 heterocycles. The van der Waals surface area contributed by atoms with Gasteiger partial charge in [0.2, 0.25) is 12.3 Å². The zero-order chi connectivity index (χ0) is 22.2. The Balaban J connectivity index is 1.58. The maximum absolute atomic E-state index is 13.3. The van der Waals surface area contributed by atoms with Gasteiger partial charge in [-0.15, -0.1) is 0 Å². The third-order valence-electron chi connectivity index (χ3n) is 6.59. The van der Waals surface area contributed by atoms with Crippen molar-refractivity contribution in [2.24, 2.45) is 11.8 Å². The van der Waals surface area contributed by atoms with E-state index in [1.54, 1.807) is 0 Å². The summed E-state index contributed by atoms with van der Waals surface area (Å²) in [6.45, 7) is 1.85. The summed E-state index contributed by atoms with van der Waals surface area (Å²) in [7, 11) is 0. The fourth-order valence-corrected chi connectivity index (χ4v) is 4.99. The molecule has 0 aromatic carbocycles. The third kappa shape index (κ3) is 6.64. The molecule has 3 aliphatic rings. The van der Waals surface area contributed by atoms with E-state index in [0.29, 0.717) is 56.0 Å². The van der Waals surface area contributed by atoms with Crippen LogP contribution in [0.4, 0.5) is 4.79 Å². The molecule has 3 rings (SSSR count). The van der Waals surface area contributed by atoms with Crippen molar-refractivity contribution in [2.45, 2.75) is 69.9 Å². The standard InChI is InChI=1S/C21H34N4O6/c26-14-24(30)13-16(12-15-4-1-2-5-15)20(28)25-11-3-6-18(25)19(27)23-21(29)31-17-7-9-22-10-8-17/h14-18,22,30H,1-13H2,(H,23,27,29)/t16-,18+/m1/s1. The quantitative estimate of drug-likeness (QED) is 0.293. The number of alkyl carbamates (subject to hydrolysis) is 1. The van der Waals surface area contributed by atoms with Crippen LogP contribution in [0.2, 0.25) is 0 Å². The Morgan fingerprint density at radius 2 is 1.84 bits per heavy atom. The lowest BCUT2D eigenvalue weighted by Gasteiger charge is -2.30. The Labute approximate surface area is 182 Å². The van der Waals surface area contributed by atoms with Crippen LogP contribution in [-0.2, 0) is 19.1 Å². The smallest absolute Gasteiger partial charge is 0.414 e. The van der Waals surface area contributed by atoms with Crippen molar-refractivity contribution in [3.63, 3.8) is 0 Å². The molecule has 174 valence electrons. The Kier molecular flexibility index (Phi) is 8.65. The van der Waals surface area contributed by atoms with Gasteiger partial charge < -0.3 is 15.0 Å². The highest BCUT2D eigenvalue weighted by atomic mass is 16.6. The van der Waals surface area contributed by atoms with E-state index in [1.165, 1.54) is 4.90 Å². The molecule has 0 aromatic heterocycles. The van der Waals surface area contributed by atoms with Gasteiger partial charge in [-0.1, -0.05) is 25.7 Å². The summed E-state index contributed by atoms with van der Waals surface area (Å²) in [6.07, 6.45) is 6.69. The molecular weight excluding hydrogens is 404 g/mol. The Bertz CT molecular complexity index is 648. The second kappa shape index (κ2) is 11.4. The van der Waals surface area contributed by atoms with Crippen LogP contribution in [0.25, 0.3) is 0 Å². The Morgan fingerprint density at radius 1 is 1.13 bits per heavy atom. The minimum absolute atomic E-state index is 0.0958. The van der Waals surface area contributed by atoms with Crippen molar-refractivity contribution < 1.29 is 29.1 Å². The van der Waals surface area contributed by atoms with Gasteiger partial charge >= 0.3 is 6.09 Å². The number of nitrogens with zero attached hydrogens (tertiary/aromatic N) is 2. The molecule has 0 spiro atoms. The molecule has 2 saturated heterocycles. The number of amides is 4. The number of carbonyl (C=O) groups is 4. The van der Waals surface area contributed by atoms with E-state index in [9.17, 15) is 24.4 Å². The van der Waals surface area contributed by atoms with Crippen molar-refractivity contribution in [1.29, 1.82) is 0 Å². The van der Waals surface area contributed by atoms with E-state index in [4.69, 9.17) is 4.74 Å². The summed E-state index contributed by atoms with van der Waals surface area (Å²) in [4.78, 5) is 50.5. The SMILES string of the molecule is O=CN(O)C[C@@H](CC1CCCC1)C(=O)N1CCC[C@H]1C(=O)NC(=O)OC1CCNCC1.